The highest BCUT2D eigenvalue weighted by molar-refractivity contribution is 5.73. The lowest BCUT2D eigenvalue weighted by Crippen LogP contribution is -2.33. The molecule has 54 valence electrons. The van der Waals surface area contributed by atoms with Crippen LogP contribution in [0.3, 0.4) is 0 Å². The molecule has 0 spiro atoms. The minimum absolute atomic E-state index is 0.553. The van der Waals surface area contributed by atoms with E-state index in [1.54, 1.807) is 14.0 Å². The summed E-state index contributed by atoms with van der Waals surface area (Å²) in [5.41, 5.74) is 0. The van der Waals surface area contributed by atoms with Crippen LogP contribution in [0.25, 0.3) is 0 Å². The van der Waals surface area contributed by atoms with E-state index < -0.39 is 18.4 Å². The summed E-state index contributed by atoms with van der Waals surface area (Å²) in [7, 11) is 1.55. The van der Waals surface area contributed by atoms with Crippen molar-refractivity contribution in [3.63, 3.8) is 0 Å². The Hall–Kier alpha value is -0.570. The van der Waals surface area contributed by atoms with Gasteiger partial charge < -0.3 is 10.4 Å². The first-order valence-electron chi connectivity index (χ1n) is 3.53. The van der Waals surface area contributed by atoms with Crippen molar-refractivity contribution in [2.24, 2.45) is 0 Å². The van der Waals surface area contributed by atoms with Crippen molar-refractivity contribution in [3.05, 3.63) is 0 Å². The average Bonchev–Trinajstić information content (AvgIpc) is 1.88. The van der Waals surface area contributed by atoms with Crippen LogP contribution in [0.5, 0.6) is 0 Å². The minimum Gasteiger partial charge on any atom is -0.480 e. The standard InChI is InChI=1S/C6H13NO2/c1-3-4-5(7-2)6(8)9/h5,7H,3-4H2,1-2H3,(H,8,9)/t5-/m0/s1/i4D/t4?,5-. The molecule has 9 heavy (non-hydrogen) atoms. The van der Waals surface area contributed by atoms with Gasteiger partial charge in [0.1, 0.15) is 6.04 Å². The van der Waals surface area contributed by atoms with Gasteiger partial charge in [-0.2, -0.15) is 0 Å². The van der Waals surface area contributed by atoms with Crippen LogP contribution in [-0.4, -0.2) is 24.2 Å². The Morgan fingerprint density at radius 2 is 2.56 bits per heavy atom. The van der Waals surface area contributed by atoms with Crippen molar-refractivity contribution in [1.29, 1.82) is 0 Å². The third-order valence-corrected chi connectivity index (χ3v) is 1.05. The summed E-state index contributed by atoms with van der Waals surface area (Å²) in [6.07, 6.45) is 0.000139. The molecule has 0 aromatic carbocycles. The number of carboxylic acid groups (broad SMARTS) is 1. The molecule has 0 aliphatic heterocycles. The summed E-state index contributed by atoms with van der Waals surface area (Å²) in [4.78, 5) is 10.3. The van der Waals surface area contributed by atoms with Gasteiger partial charge in [0.2, 0.25) is 0 Å². The molecule has 0 saturated carbocycles. The fourth-order valence-corrected chi connectivity index (χ4v) is 0.578. The van der Waals surface area contributed by atoms with E-state index in [1.165, 1.54) is 0 Å². The molecule has 0 aromatic heterocycles. The molecule has 1 unspecified atom stereocenters. The fourth-order valence-electron chi connectivity index (χ4n) is 0.578. The Balaban J connectivity index is 3.92. The van der Waals surface area contributed by atoms with Gasteiger partial charge in [0.05, 0.1) is 0 Å². The van der Waals surface area contributed by atoms with Gasteiger partial charge in [0.25, 0.3) is 0 Å². The highest BCUT2D eigenvalue weighted by atomic mass is 16.4. The van der Waals surface area contributed by atoms with Crippen molar-refractivity contribution in [3.8, 4) is 0 Å². The Labute approximate surface area is 56.5 Å². The Bertz CT molecular complexity index is 118. The lowest BCUT2D eigenvalue weighted by molar-refractivity contribution is -0.139. The first-order chi connectivity index (χ1) is 4.63. The van der Waals surface area contributed by atoms with Crippen LogP contribution in [0.1, 0.15) is 21.1 Å². The Morgan fingerprint density at radius 1 is 2.00 bits per heavy atom. The zero-order chi connectivity index (χ0) is 8.15. The zero-order valence-corrected chi connectivity index (χ0v) is 5.72. The predicted molar refractivity (Wildman–Crippen MR) is 35.4 cm³/mol. The van der Waals surface area contributed by atoms with Crippen LogP contribution >= 0.6 is 0 Å². The van der Waals surface area contributed by atoms with Crippen LogP contribution in [0.4, 0.5) is 0 Å². The summed E-state index contributed by atoms with van der Waals surface area (Å²) in [5.74, 6) is -0.954. The van der Waals surface area contributed by atoms with Gasteiger partial charge in [-0.1, -0.05) is 13.3 Å². The van der Waals surface area contributed by atoms with Crippen LogP contribution in [0, 0.1) is 0 Å². The third-order valence-electron chi connectivity index (χ3n) is 1.05. The molecule has 0 rings (SSSR count). The molecule has 2 atom stereocenters. The highest BCUT2D eigenvalue weighted by Gasteiger charge is 2.11. The van der Waals surface area contributed by atoms with Crippen molar-refractivity contribution in [2.45, 2.75) is 25.8 Å². The SMILES string of the molecule is [2H]C(CC)[C@H](NC)C(=O)O. The highest BCUT2D eigenvalue weighted by Crippen LogP contribution is 1.94. The lowest BCUT2D eigenvalue weighted by atomic mass is 10.2. The summed E-state index contributed by atoms with van der Waals surface area (Å²) in [6.45, 7) is 1.80. The first kappa shape index (κ1) is 6.55. The van der Waals surface area contributed by atoms with E-state index in [1.807, 2.05) is 0 Å². The van der Waals surface area contributed by atoms with E-state index in [2.05, 4.69) is 5.32 Å². The maximum absolute atomic E-state index is 10.3. The second-order valence-electron chi connectivity index (χ2n) is 1.75. The van der Waals surface area contributed by atoms with E-state index in [0.29, 0.717) is 6.42 Å². The number of aliphatic carboxylic acids is 1. The Kier molecular flexibility index (Phi) is 3.15. The largest absolute Gasteiger partial charge is 0.480 e. The molecule has 3 heteroatoms. The number of carboxylic acids is 1. The number of carbonyl (C=O) groups is 1. The summed E-state index contributed by atoms with van der Waals surface area (Å²) >= 11 is 0. The van der Waals surface area contributed by atoms with Crippen molar-refractivity contribution in [2.75, 3.05) is 7.05 Å². The van der Waals surface area contributed by atoms with Gasteiger partial charge in [-0.15, -0.1) is 0 Å². The molecule has 0 heterocycles. The smallest absolute Gasteiger partial charge is 0.320 e. The van der Waals surface area contributed by atoms with E-state index >= 15 is 0 Å². The molecule has 0 amide bonds. The van der Waals surface area contributed by atoms with E-state index in [-0.39, 0.29) is 0 Å². The van der Waals surface area contributed by atoms with Crippen molar-refractivity contribution in [1.82, 2.24) is 5.32 Å². The maximum atomic E-state index is 10.3. The van der Waals surface area contributed by atoms with Crippen LogP contribution in [0.15, 0.2) is 0 Å². The topological polar surface area (TPSA) is 49.3 Å². The second-order valence-corrected chi connectivity index (χ2v) is 1.75. The summed E-state index contributed by atoms with van der Waals surface area (Å²) in [6, 6.07) is -0.731. The fraction of sp³-hybridized carbons (Fsp3) is 0.833. The quantitative estimate of drug-likeness (QED) is 0.584. The van der Waals surface area contributed by atoms with Gasteiger partial charge in [-0.3, -0.25) is 4.79 Å². The molecular formula is C6H13NO2. The minimum atomic E-state index is -0.954. The molecule has 0 bridgehead atoms. The van der Waals surface area contributed by atoms with E-state index in [9.17, 15) is 4.79 Å². The Morgan fingerprint density at radius 3 is 2.67 bits per heavy atom. The molecule has 0 fully saturated rings. The number of rotatable bonds is 4. The zero-order valence-electron chi connectivity index (χ0n) is 6.72. The number of hydrogen-bond donors (Lipinski definition) is 2. The number of likely N-dealkylation sites (N-methyl/N-ethyl adjacent to an activating group) is 1. The lowest BCUT2D eigenvalue weighted by Gasteiger charge is -2.07. The predicted octanol–water partition coefficient (Wildman–Crippen LogP) is 0.459. The normalized spacial score (nSPS) is 18.2. The molecular weight excluding hydrogens is 118 g/mol. The molecule has 0 saturated heterocycles. The number of hydrogen-bond acceptors (Lipinski definition) is 2. The number of nitrogens with one attached hydrogen (secondary N) is 1. The summed E-state index contributed by atoms with van der Waals surface area (Å²) < 4.78 is 7.27. The third kappa shape index (κ3) is 3.08. The van der Waals surface area contributed by atoms with E-state index in [0.717, 1.165) is 0 Å². The van der Waals surface area contributed by atoms with Gasteiger partial charge in [-0.05, 0) is 13.4 Å². The molecule has 0 radical (unpaired) electrons. The maximum Gasteiger partial charge on any atom is 0.320 e. The molecule has 2 N–H and O–H groups in total. The van der Waals surface area contributed by atoms with Gasteiger partial charge in [0, 0.05) is 1.37 Å². The van der Waals surface area contributed by atoms with Gasteiger partial charge in [0.15, 0.2) is 0 Å². The van der Waals surface area contributed by atoms with Crippen LogP contribution in [0.2, 0.25) is 0 Å². The van der Waals surface area contributed by atoms with Crippen molar-refractivity contribution < 1.29 is 11.3 Å². The van der Waals surface area contributed by atoms with Gasteiger partial charge in [-0.25, -0.2) is 0 Å². The van der Waals surface area contributed by atoms with Crippen molar-refractivity contribution >= 4 is 5.97 Å². The molecule has 3 nitrogen and oxygen atoms in total. The van der Waals surface area contributed by atoms with Gasteiger partial charge >= 0.3 is 5.97 Å². The average molecular weight is 132 g/mol. The first-order valence-corrected chi connectivity index (χ1v) is 2.95. The van der Waals surface area contributed by atoms with Crippen LogP contribution in [-0.2, 0) is 4.79 Å². The monoisotopic (exact) mass is 132 g/mol. The molecule has 0 aliphatic carbocycles. The molecule has 0 aliphatic rings. The molecule has 0 aromatic rings. The van der Waals surface area contributed by atoms with Crippen LogP contribution < -0.4 is 5.32 Å². The second kappa shape index (κ2) is 4.32. The van der Waals surface area contributed by atoms with E-state index in [4.69, 9.17) is 6.48 Å². The summed E-state index contributed by atoms with van der Waals surface area (Å²) in [5, 5.41) is 11.1.